The van der Waals surface area contributed by atoms with Crippen molar-refractivity contribution in [2.75, 3.05) is 19.6 Å². The fraction of sp³-hybridized carbons (Fsp3) is 0.625. The largest absolute Gasteiger partial charge is 0.338 e. The van der Waals surface area contributed by atoms with Crippen molar-refractivity contribution >= 4 is 17.8 Å². The molecular formula is C24H33F2N5O3. The fourth-order valence-corrected chi connectivity index (χ4v) is 4.85. The van der Waals surface area contributed by atoms with E-state index in [9.17, 15) is 23.2 Å². The van der Waals surface area contributed by atoms with Gasteiger partial charge in [-0.1, -0.05) is 30.3 Å². The lowest BCUT2D eigenvalue weighted by atomic mass is 9.77. The fourth-order valence-electron chi connectivity index (χ4n) is 4.85. The van der Waals surface area contributed by atoms with E-state index >= 15 is 0 Å². The first-order valence-electron chi connectivity index (χ1n) is 11.9. The second kappa shape index (κ2) is 9.13. The second-order valence-electron chi connectivity index (χ2n) is 10.2. The Balaban J connectivity index is 1.33. The molecule has 0 bridgehead atoms. The first-order chi connectivity index (χ1) is 16.0. The third kappa shape index (κ3) is 5.65. The summed E-state index contributed by atoms with van der Waals surface area (Å²) in [5.41, 5.74) is 5.60. The van der Waals surface area contributed by atoms with Gasteiger partial charge in [0.2, 0.25) is 17.7 Å². The number of nitrogens with two attached hydrogens (primary N) is 1. The number of benzene rings is 1. The minimum absolute atomic E-state index is 0.108. The summed E-state index contributed by atoms with van der Waals surface area (Å²) < 4.78 is 27.4. The summed E-state index contributed by atoms with van der Waals surface area (Å²) in [4.78, 5) is 41.9. The Morgan fingerprint density at radius 2 is 1.71 bits per heavy atom. The Bertz CT molecular complexity index is 924. The maximum atomic E-state index is 13.7. The van der Waals surface area contributed by atoms with Crippen LogP contribution >= 0.6 is 0 Å². The lowest BCUT2D eigenvalue weighted by Crippen LogP contribution is -2.58. The van der Waals surface area contributed by atoms with E-state index in [2.05, 4.69) is 10.6 Å². The highest BCUT2D eigenvalue weighted by atomic mass is 19.3. The van der Waals surface area contributed by atoms with Gasteiger partial charge in [0.25, 0.3) is 0 Å². The summed E-state index contributed by atoms with van der Waals surface area (Å²) in [7, 11) is 0. The van der Waals surface area contributed by atoms with Crippen molar-refractivity contribution in [3.63, 3.8) is 0 Å². The summed E-state index contributed by atoms with van der Waals surface area (Å²) in [5.74, 6) is -3.73. The van der Waals surface area contributed by atoms with Gasteiger partial charge in [-0.25, -0.2) is 13.6 Å². The first kappa shape index (κ1) is 24.4. The van der Waals surface area contributed by atoms with Crippen molar-refractivity contribution in [3.8, 4) is 0 Å². The lowest BCUT2D eigenvalue weighted by Gasteiger charge is -2.38. The van der Waals surface area contributed by atoms with E-state index < -0.39 is 41.4 Å². The van der Waals surface area contributed by atoms with Crippen LogP contribution in [-0.2, 0) is 16.1 Å². The van der Waals surface area contributed by atoms with E-state index in [0.29, 0.717) is 58.8 Å². The van der Waals surface area contributed by atoms with Gasteiger partial charge in [0, 0.05) is 32.6 Å². The van der Waals surface area contributed by atoms with Crippen LogP contribution in [0, 0.1) is 5.41 Å². The molecule has 34 heavy (non-hydrogen) atoms. The van der Waals surface area contributed by atoms with E-state index in [1.165, 1.54) is 4.90 Å². The van der Waals surface area contributed by atoms with Gasteiger partial charge in [0.05, 0.1) is 11.1 Å². The second-order valence-corrected chi connectivity index (χ2v) is 10.2. The highest BCUT2D eigenvalue weighted by Crippen LogP contribution is 2.42. The molecule has 0 unspecified atom stereocenters. The minimum atomic E-state index is -3.13. The summed E-state index contributed by atoms with van der Waals surface area (Å²) in [5, 5.41) is 5.02. The number of hydrogen-bond donors (Lipinski definition) is 3. The van der Waals surface area contributed by atoms with Crippen molar-refractivity contribution < 1.29 is 23.2 Å². The number of alkyl halides is 2. The Hall–Kier alpha value is -2.75. The average Bonchev–Trinajstić information content (AvgIpc) is 3.44. The molecule has 4 N–H and O–H groups in total. The number of carbonyl (C=O) groups is 3. The topological polar surface area (TPSA) is 108 Å². The van der Waals surface area contributed by atoms with Crippen LogP contribution in [0.4, 0.5) is 13.6 Å². The number of piperidine rings is 1. The molecular weight excluding hydrogens is 444 g/mol. The van der Waals surface area contributed by atoms with Gasteiger partial charge in [-0.15, -0.1) is 0 Å². The lowest BCUT2D eigenvalue weighted by molar-refractivity contribution is -0.138. The van der Waals surface area contributed by atoms with Crippen molar-refractivity contribution in [3.05, 3.63) is 35.9 Å². The predicted octanol–water partition coefficient (Wildman–Crippen LogP) is 2.19. The molecule has 10 heteroatoms. The standard InChI is InChI=1S/C24H33F2N5O3/c1-22(25,26)15-18(19(32)29-24(27)7-8-24)28-21(34)30-12-9-23(10-13-30)11-14-31(20(23)33)16-17-5-3-2-4-6-17/h2-6,18H,7-16,27H2,1H3,(H,28,34)(H,29,32)/t18-/m0/s1. The van der Waals surface area contributed by atoms with Crippen LogP contribution in [0.2, 0.25) is 0 Å². The molecule has 1 saturated carbocycles. The van der Waals surface area contributed by atoms with E-state index in [1.54, 1.807) is 0 Å². The highest BCUT2D eigenvalue weighted by molar-refractivity contribution is 5.88. The highest BCUT2D eigenvalue weighted by Gasteiger charge is 2.49. The van der Waals surface area contributed by atoms with Crippen LogP contribution in [0.5, 0.6) is 0 Å². The predicted molar refractivity (Wildman–Crippen MR) is 122 cm³/mol. The molecule has 1 spiro atoms. The molecule has 1 aromatic carbocycles. The van der Waals surface area contributed by atoms with Gasteiger partial charge in [-0.05, 0) is 44.6 Å². The Morgan fingerprint density at radius 3 is 2.29 bits per heavy atom. The molecule has 186 valence electrons. The average molecular weight is 478 g/mol. The number of likely N-dealkylation sites (tertiary alicyclic amines) is 2. The van der Waals surface area contributed by atoms with E-state index in [-0.39, 0.29) is 5.91 Å². The van der Waals surface area contributed by atoms with Crippen LogP contribution in [0.3, 0.4) is 0 Å². The Morgan fingerprint density at radius 1 is 1.09 bits per heavy atom. The van der Waals surface area contributed by atoms with Crippen LogP contribution < -0.4 is 16.4 Å². The summed E-state index contributed by atoms with van der Waals surface area (Å²) in [6.07, 6.45) is 2.09. The maximum Gasteiger partial charge on any atom is 0.318 e. The third-order valence-corrected chi connectivity index (χ3v) is 7.16. The van der Waals surface area contributed by atoms with E-state index in [0.717, 1.165) is 12.0 Å². The number of amides is 4. The van der Waals surface area contributed by atoms with Gasteiger partial charge in [0.1, 0.15) is 6.04 Å². The van der Waals surface area contributed by atoms with Gasteiger partial charge in [-0.3, -0.25) is 9.59 Å². The number of rotatable bonds is 7. The molecule has 4 amide bonds. The van der Waals surface area contributed by atoms with Crippen LogP contribution in [0.15, 0.2) is 30.3 Å². The zero-order valence-electron chi connectivity index (χ0n) is 19.5. The zero-order chi connectivity index (χ0) is 24.6. The van der Waals surface area contributed by atoms with Crippen LogP contribution in [-0.4, -0.2) is 64.9 Å². The van der Waals surface area contributed by atoms with Gasteiger partial charge >= 0.3 is 6.03 Å². The summed E-state index contributed by atoms with van der Waals surface area (Å²) >= 11 is 0. The number of nitrogens with one attached hydrogen (secondary N) is 2. The van der Waals surface area contributed by atoms with Crippen LogP contribution in [0.1, 0.15) is 51.0 Å². The molecule has 1 aromatic rings. The molecule has 4 rings (SSSR count). The number of hydrogen-bond acceptors (Lipinski definition) is 4. The van der Waals surface area contributed by atoms with Crippen molar-refractivity contribution in [1.82, 2.24) is 20.4 Å². The Kier molecular flexibility index (Phi) is 6.54. The first-order valence-corrected chi connectivity index (χ1v) is 11.9. The summed E-state index contributed by atoms with van der Waals surface area (Å²) in [6.45, 7) is 2.61. The van der Waals surface area contributed by atoms with Crippen molar-refractivity contribution in [2.24, 2.45) is 11.1 Å². The van der Waals surface area contributed by atoms with Crippen LogP contribution in [0.25, 0.3) is 0 Å². The summed E-state index contributed by atoms with van der Waals surface area (Å²) in [6, 6.07) is 7.85. The molecule has 0 aromatic heterocycles. The van der Waals surface area contributed by atoms with Crippen molar-refractivity contribution in [1.29, 1.82) is 0 Å². The molecule has 3 aliphatic rings. The molecule has 1 aliphatic carbocycles. The van der Waals surface area contributed by atoms with Gasteiger partial charge < -0.3 is 26.2 Å². The number of carbonyl (C=O) groups excluding carboxylic acids is 3. The van der Waals surface area contributed by atoms with E-state index in [1.807, 2.05) is 35.2 Å². The molecule has 2 aliphatic heterocycles. The number of halogens is 2. The smallest absolute Gasteiger partial charge is 0.318 e. The zero-order valence-corrected chi connectivity index (χ0v) is 19.5. The molecule has 0 radical (unpaired) electrons. The molecule has 2 saturated heterocycles. The quantitative estimate of drug-likeness (QED) is 0.523. The Labute approximate surface area is 198 Å². The van der Waals surface area contributed by atoms with Gasteiger partial charge in [-0.2, -0.15) is 0 Å². The molecule has 3 fully saturated rings. The van der Waals surface area contributed by atoms with Gasteiger partial charge in [0.15, 0.2) is 0 Å². The maximum absolute atomic E-state index is 13.7. The number of nitrogens with zero attached hydrogens (tertiary/aromatic N) is 2. The van der Waals surface area contributed by atoms with E-state index in [4.69, 9.17) is 5.73 Å². The molecule has 8 nitrogen and oxygen atoms in total. The monoisotopic (exact) mass is 477 g/mol. The van der Waals surface area contributed by atoms with Crippen molar-refractivity contribution in [2.45, 2.75) is 69.6 Å². The minimum Gasteiger partial charge on any atom is -0.338 e. The molecule has 1 atom stereocenters. The number of urea groups is 1. The SMILES string of the molecule is CC(F)(F)C[C@H](NC(=O)N1CCC2(CC1)CCN(Cc1ccccc1)C2=O)C(=O)NC1(N)CC1. The molecule has 2 heterocycles. The normalized spacial score (nSPS) is 21.9. The third-order valence-electron chi connectivity index (χ3n) is 7.16.